The average Bonchev–Trinajstić information content (AvgIpc) is 3.02. The van der Waals surface area contributed by atoms with Crippen LogP contribution in [0.5, 0.6) is 0 Å². The quantitative estimate of drug-likeness (QED) is 0.780. The molecule has 1 saturated carbocycles. The molecule has 0 aromatic carbocycles. The van der Waals surface area contributed by atoms with E-state index in [-0.39, 0.29) is 11.8 Å². The van der Waals surface area contributed by atoms with Crippen molar-refractivity contribution in [3.8, 4) is 0 Å². The van der Waals surface area contributed by atoms with Gasteiger partial charge in [0.05, 0.1) is 4.88 Å². The topological polar surface area (TPSA) is 40.6 Å². The van der Waals surface area contributed by atoms with Gasteiger partial charge in [-0.15, -0.1) is 11.3 Å². The SMILES string of the molecule is CN(C(=O)C1CCN(C(=O)c2cccs2)CC1)C1CCCCCC1. The van der Waals surface area contributed by atoms with Gasteiger partial charge in [-0.05, 0) is 37.1 Å². The number of likely N-dealkylation sites (tertiary alicyclic amines) is 1. The van der Waals surface area contributed by atoms with Gasteiger partial charge in [0.1, 0.15) is 0 Å². The van der Waals surface area contributed by atoms with Crippen LogP contribution in [-0.4, -0.2) is 47.8 Å². The summed E-state index contributed by atoms with van der Waals surface area (Å²) in [6, 6.07) is 4.21. The molecular weight excluding hydrogens is 320 g/mol. The molecule has 1 aromatic rings. The number of rotatable bonds is 3. The number of piperidine rings is 1. The minimum Gasteiger partial charge on any atom is -0.343 e. The summed E-state index contributed by atoms with van der Waals surface area (Å²) in [5.41, 5.74) is 0. The molecule has 2 aliphatic rings. The highest BCUT2D eigenvalue weighted by Crippen LogP contribution is 2.26. The molecule has 4 nitrogen and oxygen atoms in total. The van der Waals surface area contributed by atoms with Crippen molar-refractivity contribution >= 4 is 23.2 Å². The molecule has 2 heterocycles. The molecule has 0 bridgehead atoms. The van der Waals surface area contributed by atoms with Crippen molar-refractivity contribution in [1.29, 1.82) is 0 Å². The highest BCUT2D eigenvalue weighted by atomic mass is 32.1. The van der Waals surface area contributed by atoms with Crippen molar-refractivity contribution in [2.45, 2.75) is 57.4 Å². The maximum Gasteiger partial charge on any atom is 0.263 e. The van der Waals surface area contributed by atoms with Crippen LogP contribution in [-0.2, 0) is 4.79 Å². The fourth-order valence-electron chi connectivity index (χ4n) is 4.00. The van der Waals surface area contributed by atoms with E-state index in [2.05, 4.69) is 0 Å². The third-order valence-corrected chi connectivity index (χ3v) is 6.44. The molecule has 3 rings (SSSR count). The van der Waals surface area contributed by atoms with E-state index in [4.69, 9.17) is 0 Å². The van der Waals surface area contributed by atoms with E-state index in [1.165, 1.54) is 37.0 Å². The summed E-state index contributed by atoms with van der Waals surface area (Å²) < 4.78 is 0. The highest BCUT2D eigenvalue weighted by molar-refractivity contribution is 7.12. The number of thiophene rings is 1. The lowest BCUT2D eigenvalue weighted by molar-refractivity contribution is -0.138. The molecular formula is C19H28N2O2S. The molecule has 0 unspecified atom stereocenters. The maximum absolute atomic E-state index is 12.8. The molecule has 1 aliphatic carbocycles. The van der Waals surface area contributed by atoms with Gasteiger partial charge < -0.3 is 9.80 Å². The molecule has 24 heavy (non-hydrogen) atoms. The van der Waals surface area contributed by atoms with Gasteiger partial charge in [0.25, 0.3) is 5.91 Å². The second kappa shape index (κ2) is 8.15. The van der Waals surface area contributed by atoms with Crippen molar-refractivity contribution < 1.29 is 9.59 Å². The van der Waals surface area contributed by atoms with Crippen LogP contribution in [0.4, 0.5) is 0 Å². The fourth-order valence-corrected chi connectivity index (χ4v) is 4.69. The van der Waals surface area contributed by atoms with Gasteiger partial charge in [-0.2, -0.15) is 0 Å². The molecule has 1 aromatic heterocycles. The monoisotopic (exact) mass is 348 g/mol. The van der Waals surface area contributed by atoms with Crippen LogP contribution < -0.4 is 0 Å². The first-order valence-electron chi connectivity index (χ1n) is 9.26. The van der Waals surface area contributed by atoms with Crippen molar-refractivity contribution in [3.05, 3.63) is 22.4 Å². The minimum absolute atomic E-state index is 0.0886. The first-order valence-corrected chi connectivity index (χ1v) is 10.1. The number of hydrogen-bond acceptors (Lipinski definition) is 3. The molecule has 0 atom stereocenters. The lowest BCUT2D eigenvalue weighted by atomic mass is 9.94. The number of amides is 2. The summed E-state index contributed by atoms with van der Waals surface area (Å²) in [5.74, 6) is 0.504. The summed E-state index contributed by atoms with van der Waals surface area (Å²) in [5, 5.41) is 1.94. The van der Waals surface area contributed by atoms with Crippen LogP contribution in [0.3, 0.4) is 0 Å². The largest absolute Gasteiger partial charge is 0.343 e. The summed E-state index contributed by atoms with van der Waals surface area (Å²) in [6.45, 7) is 1.40. The fraction of sp³-hybridized carbons (Fsp3) is 0.684. The van der Waals surface area contributed by atoms with Gasteiger partial charge in [0.15, 0.2) is 0 Å². The predicted molar refractivity (Wildman–Crippen MR) is 97.2 cm³/mol. The van der Waals surface area contributed by atoms with Gasteiger partial charge in [-0.3, -0.25) is 9.59 Å². The lowest BCUT2D eigenvalue weighted by Gasteiger charge is -2.35. The zero-order chi connectivity index (χ0) is 16.9. The summed E-state index contributed by atoms with van der Waals surface area (Å²) in [7, 11) is 1.99. The molecule has 2 fully saturated rings. The van der Waals surface area contributed by atoms with E-state index in [0.29, 0.717) is 25.0 Å². The molecule has 132 valence electrons. The first-order chi connectivity index (χ1) is 11.7. The number of carbonyl (C=O) groups excluding carboxylic acids is 2. The summed E-state index contributed by atoms with van der Waals surface area (Å²) >= 11 is 1.49. The van der Waals surface area contributed by atoms with Crippen molar-refractivity contribution in [2.24, 2.45) is 5.92 Å². The third-order valence-electron chi connectivity index (χ3n) is 5.58. The van der Waals surface area contributed by atoms with E-state index in [1.54, 1.807) is 0 Å². The Bertz CT molecular complexity index is 542. The van der Waals surface area contributed by atoms with E-state index < -0.39 is 0 Å². The molecule has 1 saturated heterocycles. The molecule has 0 N–H and O–H groups in total. The predicted octanol–water partition coefficient (Wildman–Crippen LogP) is 3.78. The minimum atomic E-state index is 0.0886. The second-order valence-electron chi connectivity index (χ2n) is 7.14. The lowest BCUT2D eigenvalue weighted by Crippen LogP contribution is -2.46. The van der Waals surface area contributed by atoms with Gasteiger partial charge in [0, 0.05) is 32.1 Å². The summed E-state index contributed by atoms with van der Waals surface area (Å²) in [6.07, 6.45) is 9.01. The van der Waals surface area contributed by atoms with Crippen LogP contribution in [0, 0.1) is 5.92 Å². The standard InChI is InChI=1S/C19H28N2O2S/c1-20(16-7-4-2-3-5-8-16)18(22)15-10-12-21(13-11-15)19(23)17-9-6-14-24-17/h6,9,14-16H,2-5,7-8,10-13H2,1H3. The Morgan fingerprint density at radius 1 is 1.08 bits per heavy atom. The van der Waals surface area contributed by atoms with Gasteiger partial charge in [-0.25, -0.2) is 0 Å². The Balaban J connectivity index is 1.52. The van der Waals surface area contributed by atoms with Crippen LogP contribution in [0.25, 0.3) is 0 Å². The Morgan fingerprint density at radius 3 is 2.33 bits per heavy atom. The number of nitrogens with zero attached hydrogens (tertiary/aromatic N) is 2. The zero-order valence-electron chi connectivity index (χ0n) is 14.6. The number of hydrogen-bond donors (Lipinski definition) is 0. The second-order valence-corrected chi connectivity index (χ2v) is 8.09. The Labute approximate surface area is 148 Å². The smallest absolute Gasteiger partial charge is 0.263 e. The van der Waals surface area contributed by atoms with E-state index in [0.717, 1.165) is 30.6 Å². The Morgan fingerprint density at radius 2 is 1.75 bits per heavy atom. The van der Waals surface area contributed by atoms with Crippen molar-refractivity contribution in [3.63, 3.8) is 0 Å². The van der Waals surface area contributed by atoms with Crippen LogP contribution in [0.2, 0.25) is 0 Å². The molecule has 0 spiro atoms. The van der Waals surface area contributed by atoms with Gasteiger partial charge in [0.2, 0.25) is 5.91 Å². The molecule has 2 amide bonds. The average molecular weight is 349 g/mol. The van der Waals surface area contributed by atoms with Crippen molar-refractivity contribution in [1.82, 2.24) is 9.80 Å². The van der Waals surface area contributed by atoms with Crippen LogP contribution in [0.1, 0.15) is 61.0 Å². The maximum atomic E-state index is 12.8. The highest BCUT2D eigenvalue weighted by Gasteiger charge is 2.32. The first kappa shape index (κ1) is 17.5. The van der Waals surface area contributed by atoms with E-state index in [9.17, 15) is 9.59 Å². The molecule has 0 radical (unpaired) electrons. The third kappa shape index (κ3) is 4.00. The Kier molecular flexibility index (Phi) is 5.93. The van der Waals surface area contributed by atoms with E-state index >= 15 is 0 Å². The van der Waals surface area contributed by atoms with Gasteiger partial charge >= 0.3 is 0 Å². The summed E-state index contributed by atoms with van der Waals surface area (Å²) in [4.78, 5) is 30.0. The number of carbonyl (C=O) groups is 2. The Hall–Kier alpha value is -1.36. The zero-order valence-corrected chi connectivity index (χ0v) is 15.4. The van der Waals surface area contributed by atoms with Gasteiger partial charge in [-0.1, -0.05) is 31.7 Å². The van der Waals surface area contributed by atoms with E-state index in [1.807, 2.05) is 34.4 Å². The molecule has 5 heteroatoms. The molecule has 1 aliphatic heterocycles. The normalized spacial score (nSPS) is 20.6. The van der Waals surface area contributed by atoms with Crippen LogP contribution in [0.15, 0.2) is 17.5 Å². The van der Waals surface area contributed by atoms with Crippen LogP contribution >= 0.6 is 11.3 Å². The van der Waals surface area contributed by atoms with Crippen molar-refractivity contribution in [2.75, 3.05) is 20.1 Å².